The summed E-state index contributed by atoms with van der Waals surface area (Å²) in [4.78, 5) is 8.74. The van der Waals surface area contributed by atoms with Gasteiger partial charge in [-0.15, -0.1) is 0 Å². The van der Waals surface area contributed by atoms with Crippen LogP contribution in [0.3, 0.4) is 0 Å². The van der Waals surface area contributed by atoms with Gasteiger partial charge in [-0.25, -0.2) is 15.4 Å². The van der Waals surface area contributed by atoms with Gasteiger partial charge in [0.1, 0.15) is 5.75 Å². The Morgan fingerprint density at radius 3 is 2.68 bits per heavy atom. The first kappa shape index (κ1) is 19.8. The number of nitrogens with one attached hydrogen (secondary N) is 4. The van der Waals surface area contributed by atoms with Crippen molar-refractivity contribution >= 4 is 23.4 Å². The van der Waals surface area contributed by atoms with Gasteiger partial charge < -0.3 is 20.9 Å². The maximum absolute atomic E-state index is 7.30. The second-order valence-corrected chi connectivity index (χ2v) is 7.10. The van der Waals surface area contributed by atoms with E-state index in [0.717, 1.165) is 37.1 Å². The van der Waals surface area contributed by atoms with Gasteiger partial charge in [0.05, 0.1) is 18.5 Å². The number of allylic oxidation sites excluding steroid dienone is 1. The van der Waals surface area contributed by atoms with E-state index in [1.54, 1.807) is 19.4 Å². The molecule has 3 rings (SSSR count). The summed E-state index contributed by atoms with van der Waals surface area (Å²) in [6.45, 7) is 5.88. The Morgan fingerprint density at radius 1 is 1.21 bits per heavy atom. The zero-order valence-electron chi connectivity index (χ0n) is 16.5. The molecule has 148 valence electrons. The molecule has 2 aromatic rings. The number of methoxy groups -OCH3 is 1. The third-order valence-electron chi connectivity index (χ3n) is 4.99. The predicted molar refractivity (Wildman–Crippen MR) is 114 cm³/mol. The average Bonchev–Trinajstić information content (AvgIpc) is 2.73. The Labute approximate surface area is 166 Å². The lowest BCUT2D eigenvalue weighted by Gasteiger charge is -2.30. The molecular formula is C21H28N6O. The summed E-state index contributed by atoms with van der Waals surface area (Å²) < 4.78 is 5.41. The molecule has 0 aliphatic heterocycles. The monoisotopic (exact) mass is 380 g/mol. The molecule has 1 aromatic carbocycles. The summed E-state index contributed by atoms with van der Waals surface area (Å²) in [6, 6.07) is 8.59. The van der Waals surface area contributed by atoms with E-state index in [2.05, 4.69) is 45.7 Å². The Kier molecular flexibility index (Phi) is 6.60. The molecule has 1 aliphatic carbocycles. The van der Waals surface area contributed by atoms with E-state index in [-0.39, 0.29) is 0 Å². The van der Waals surface area contributed by atoms with E-state index in [0.29, 0.717) is 29.3 Å². The van der Waals surface area contributed by atoms with Crippen molar-refractivity contribution in [2.24, 2.45) is 0 Å². The predicted octanol–water partition coefficient (Wildman–Crippen LogP) is 3.80. The second-order valence-electron chi connectivity index (χ2n) is 7.10. The smallest absolute Gasteiger partial charge is 0.223 e. The van der Waals surface area contributed by atoms with Crippen molar-refractivity contribution in [2.75, 3.05) is 17.9 Å². The fourth-order valence-electron chi connectivity index (χ4n) is 3.35. The van der Waals surface area contributed by atoms with Gasteiger partial charge in [0.25, 0.3) is 0 Å². The standard InChI is InChI=1S/C21H28N6O/c1-14-4-9-20(28-3)19(12-14)27-26-17-7-5-16(6-8-17)24-21-23-11-10-18(25-21)15(2)13-22/h4,9-13,16-17,22,26-27H,2,5-8H2,1,3H3,(H,23,24,25). The van der Waals surface area contributed by atoms with Gasteiger partial charge in [0, 0.05) is 30.1 Å². The normalized spacial score (nSPS) is 18.9. The number of hydrogen-bond acceptors (Lipinski definition) is 7. The molecule has 0 atom stereocenters. The van der Waals surface area contributed by atoms with Gasteiger partial charge in [-0.2, -0.15) is 0 Å². The lowest BCUT2D eigenvalue weighted by Crippen LogP contribution is -2.40. The van der Waals surface area contributed by atoms with Crippen LogP contribution < -0.4 is 20.9 Å². The number of rotatable bonds is 8. The molecule has 1 aliphatic rings. The van der Waals surface area contributed by atoms with E-state index >= 15 is 0 Å². The minimum atomic E-state index is 0.343. The Bertz CT molecular complexity index is 829. The number of anilines is 2. The van der Waals surface area contributed by atoms with Gasteiger partial charge in [0.15, 0.2) is 0 Å². The van der Waals surface area contributed by atoms with Crippen LogP contribution in [0.5, 0.6) is 5.75 Å². The maximum Gasteiger partial charge on any atom is 0.223 e. The fraction of sp³-hybridized carbons (Fsp3) is 0.381. The van der Waals surface area contributed by atoms with Crippen molar-refractivity contribution in [1.29, 1.82) is 5.41 Å². The highest BCUT2D eigenvalue weighted by Gasteiger charge is 2.22. The number of aryl methyl sites for hydroxylation is 1. The Morgan fingerprint density at radius 2 is 1.96 bits per heavy atom. The van der Waals surface area contributed by atoms with Crippen LogP contribution in [0.2, 0.25) is 0 Å². The van der Waals surface area contributed by atoms with Crippen molar-refractivity contribution in [2.45, 2.75) is 44.7 Å². The molecule has 1 heterocycles. The molecule has 28 heavy (non-hydrogen) atoms. The van der Waals surface area contributed by atoms with Gasteiger partial charge >= 0.3 is 0 Å². The van der Waals surface area contributed by atoms with E-state index in [9.17, 15) is 0 Å². The zero-order chi connectivity index (χ0) is 19.9. The SMILES string of the molecule is C=C(C=N)c1ccnc(NC2CCC(NNc3cc(C)ccc3OC)CC2)n1. The Balaban J connectivity index is 1.49. The van der Waals surface area contributed by atoms with Gasteiger partial charge in [-0.1, -0.05) is 12.6 Å². The van der Waals surface area contributed by atoms with Gasteiger partial charge in [0.2, 0.25) is 5.95 Å². The summed E-state index contributed by atoms with van der Waals surface area (Å²) in [7, 11) is 1.68. The number of ether oxygens (including phenoxy) is 1. The molecule has 7 heteroatoms. The minimum Gasteiger partial charge on any atom is -0.495 e. The molecule has 1 fully saturated rings. The lowest BCUT2D eigenvalue weighted by atomic mass is 9.91. The van der Waals surface area contributed by atoms with E-state index in [1.165, 1.54) is 11.8 Å². The summed E-state index contributed by atoms with van der Waals surface area (Å²) in [5.74, 6) is 1.43. The van der Waals surface area contributed by atoms with E-state index < -0.39 is 0 Å². The molecule has 1 aromatic heterocycles. The third-order valence-corrected chi connectivity index (χ3v) is 4.99. The number of aromatic nitrogens is 2. The second kappa shape index (κ2) is 9.32. The number of nitrogens with zero attached hydrogens (tertiary/aromatic N) is 2. The van der Waals surface area contributed by atoms with Crippen LogP contribution >= 0.6 is 0 Å². The topological polar surface area (TPSA) is 95.0 Å². The van der Waals surface area contributed by atoms with Crippen molar-refractivity contribution in [3.8, 4) is 5.75 Å². The molecule has 4 N–H and O–H groups in total. The maximum atomic E-state index is 7.30. The van der Waals surface area contributed by atoms with Crippen LogP contribution in [-0.4, -0.2) is 35.4 Å². The largest absolute Gasteiger partial charge is 0.495 e. The molecular weight excluding hydrogens is 352 g/mol. The number of benzene rings is 1. The zero-order valence-corrected chi connectivity index (χ0v) is 16.5. The highest BCUT2D eigenvalue weighted by molar-refractivity contribution is 6.06. The van der Waals surface area contributed by atoms with Crippen molar-refractivity contribution in [1.82, 2.24) is 15.4 Å². The highest BCUT2D eigenvalue weighted by Crippen LogP contribution is 2.26. The van der Waals surface area contributed by atoms with Crippen LogP contribution in [0.1, 0.15) is 36.9 Å². The summed E-state index contributed by atoms with van der Waals surface area (Å²) >= 11 is 0. The molecule has 0 radical (unpaired) electrons. The first-order valence-electron chi connectivity index (χ1n) is 9.54. The molecule has 0 saturated heterocycles. The first-order valence-corrected chi connectivity index (χ1v) is 9.54. The van der Waals surface area contributed by atoms with Crippen LogP contribution in [0.15, 0.2) is 37.0 Å². The Hall–Kier alpha value is -2.93. The van der Waals surface area contributed by atoms with Crippen molar-refractivity contribution < 1.29 is 4.74 Å². The fourth-order valence-corrected chi connectivity index (χ4v) is 3.35. The summed E-state index contributed by atoms with van der Waals surface area (Å²) in [5, 5.41) is 10.7. The van der Waals surface area contributed by atoms with E-state index in [4.69, 9.17) is 10.1 Å². The van der Waals surface area contributed by atoms with Crippen LogP contribution in [-0.2, 0) is 0 Å². The molecule has 0 amide bonds. The summed E-state index contributed by atoms with van der Waals surface area (Å²) in [5.41, 5.74) is 10.1. The lowest BCUT2D eigenvalue weighted by molar-refractivity contribution is 0.367. The molecule has 0 bridgehead atoms. The molecule has 1 saturated carbocycles. The average molecular weight is 380 g/mol. The minimum absolute atomic E-state index is 0.343. The molecule has 7 nitrogen and oxygen atoms in total. The van der Waals surface area contributed by atoms with Gasteiger partial charge in [-0.3, -0.25) is 0 Å². The van der Waals surface area contributed by atoms with Crippen LogP contribution in [0, 0.1) is 12.3 Å². The van der Waals surface area contributed by atoms with Crippen molar-refractivity contribution in [3.05, 3.63) is 48.3 Å². The van der Waals surface area contributed by atoms with Gasteiger partial charge in [-0.05, 0) is 56.4 Å². The van der Waals surface area contributed by atoms with Crippen LogP contribution in [0.4, 0.5) is 11.6 Å². The number of hydrogen-bond donors (Lipinski definition) is 4. The van der Waals surface area contributed by atoms with Crippen molar-refractivity contribution in [3.63, 3.8) is 0 Å². The molecule has 0 spiro atoms. The number of hydrazine groups is 1. The van der Waals surface area contributed by atoms with Crippen LogP contribution in [0.25, 0.3) is 5.57 Å². The summed E-state index contributed by atoms with van der Waals surface area (Å²) in [6.07, 6.45) is 7.06. The quantitative estimate of drug-likeness (QED) is 0.411. The molecule has 0 unspecified atom stereocenters. The highest BCUT2D eigenvalue weighted by atomic mass is 16.5. The third kappa shape index (κ3) is 5.07. The van der Waals surface area contributed by atoms with E-state index in [1.807, 2.05) is 12.1 Å². The first-order chi connectivity index (χ1) is 13.6.